The summed E-state index contributed by atoms with van der Waals surface area (Å²) in [5.41, 5.74) is 0.621. The Bertz CT molecular complexity index is 817. The first-order chi connectivity index (χ1) is 13.0. The molecule has 3 rings (SSSR count). The van der Waals surface area contributed by atoms with E-state index in [1.807, 2.05) is 0 Å². The molecule has 0 saturated heterocycles. The molecule has 2 amide bonds. The molecule has 0 bridgehead atoms. The number of hydrogen-bond donors (Lipinski definition) is 2. The van der Waals surface area contributed by atoms with E-state index in [9.17, 15) is 18.4 Å². The summed E-state index contributed by atoms with van der Waals surface area (Å²) in [7, 11) is 0. The summed E-state index contributed by atoms with van der Waals surface area (Å²) in [6, 6.07) is 12.4. The topological polar surface area (TPSA) is 58.2 Å². The SMILES string of the molecule is O=C(NCc1ccccc1F)C1CCC(C(=O)Nc2ccccc2F)CC1. The molecule has 0 atom stereocenters. The minimum atomic E-state index is -0.466. The number of rotatable bonds is 5. The fourth-order valence-corrected chi connectivity index (χ4v) is 3.38. The Kier molecular flexibility index (Phi) is 6.16. The zero-order valence-electron chi connectivity index (χ0n) is 14.9. The number of anilines is 1. The maximum Gasteiger partial charge on any atom is 0.227 e. The predicted molar refractivity (Wildman–Crippen MR) is 98.7 cm³/mol. The van der Waals surface area contributed by atoms with Crippen LogP contribution in [0.4, 0.5) is 14.5 Å². The summed E-state index contributed by atoms with van der Waals surface area (Å²) in [5.74, 6) is -1.57. The van der Waals surface area contributed by atoms with Gasteiger partial charge >= 0.3 is 0 Å². The Morgan fingerprint density at radius 2 is 1.37 bits per heavy atom. The largest absolute Gasteiger partial charge is 0.352 e. The van der Waals surface area contributed by atoms with Crippen molar-refractivity contribution in [3.8, 4) is 0 Å². The second-order valence-corrected chi connectivity index (χ2v) is 6.83. The number of carbonyl (C=O) groups is 2. The predicted octanol–water partition coefficient (Wildman–Crippen LogP) is 4.03. The van der Waals surface area contributed by atoms with Gasteiger partial charge in [-0.1, -0.05) is 30.3 Å². The smallest absolute Gasteiger partial charge is 0.227 e. The second kappa shape index (κ2) is 8.75. The van der Waals surface area contributed by atoms with Crippen LogP contribution in [0.25, 0.3) is 0 Å². The van der Waals surface area contributed by atoms with Gasteiger partial charge in [0.2, 0.25) is 11.8 Å². The molecular formula is C21H22F2N2O2. The third-order valence-corrected chi connectivity index (χ3v) is 5.01. The maximum absolute atomic E-state index is 13.6. The van der Waals surface area contributed by atoms with Gasteiger partial charge in [-0.05, 0) is 43.9 Å². The Morgan fingerprint density at radius 1 is 0.815 bits per heavy atom. The van der Waals surface area contributed by atoms with Crippen LogP contribution in [0.1, 0.15) is 31.2 Å². The van der Waals surface area contributed by atoms with Crippen molar-refractivity contribution in [2.75, 3.05) is 5.32 Å². The van der Waals surface area contributed by atoms with E-state index in [1.54, 1.807) is 30.3 Å². The normalized spacial score (nSPS) is 19.3. The van der Waals surface area contributed by atoms with Gasteiger partial charge < -0.3 is 10.6 Å². The van der Waals surface area contributed by atoms with Crippen molar-refractivity contribution < 1.29 is 18.4 Å². The first kappa shape index (κ1) is 19.0. The van der Waals surface area contributed by atoms with Crippen LogP contribution in [0.3, 0.4) is 0 Å². The van der Waals surface area contributed by atoms with Crippen LogP contribution >= 0.6 is 0 Å². The van der Waals surface area contributed by atoms with Crippen LogP contribution in [0, 0.1) is 23.5 Å². The van der Waals surface area contributed by atoms with E-state index < -0.39 is 5.82 Å². The van der Waals surface area contributed by atoms with Gasteiger partial charge in [-0.25, -0.2) is 8.78 Å². The summed E-state index contributed by atoms with van der Waals surface area (Å²) in [4.78, 5) is 24.6. The molecule has 142 valence electrons. The molecule has 0 unspecified atom stereocenters. The molecule has 1 saturated carbocycles. The summed E-state index contributed by atoms with van der Waals surface area (Å²) < 4.78 is 27.3. The average Bonchev–Trinajstić information content (AvgIpc) is 2.69. The monoisotopic (exact) mass is 372 g/mol. The quantitative estimate of drug-likeness (QED) is 0.833. The highest BCUT2D eigenvalue weighted by molar-refractivity contribution is 5.92. The van der Waals surface area contributed by atoms with Crippen molar-refractivity contribution in [3.63, 3.8) is 0 Å². The molecule has 1 aliphatic rings. The molecule has 0 aliphatic heterocycles. The van der Waals surface area contributed by atoms with E-state index in [1.165, 1.54) is 18.2 Å². The van der Waals surface area contributed by atoms with Gasteiger partial charge in [0, 0.05) is 23.9 Å². The number of benzene rings is 2. The molecule has 2 aromatic rings. The Balaban J connectivity index is 1.47. The van der Waals surface area contributed by atoms with E-state index in [2.05, 4.69) is 10.6 Å². The first-order valence-electron chi connectivity index (χ1n) is 9.11. The van der Waals surface area contributed by atoms with Gasteiger partial charge in [-0.15, -0.1) is 0 Å². The number of para-hydroxylation sites is 1. The molecule has 0 spiro atoms. The lowest BCUT2D eigenvalue weighted by atomic mass is 9.81. The fourth-order valence-electron chi connectivity index (χ4n) is 3.38. The van der Waals surface area contributed by atoms with Gasteiger partial charge in [-0.3, -0.25) is 9.59 Å². The maximum atomic E-state index is 13.6. The Labute approximate surface area is 157 Å². The van der Waals surface area contributed by atoms with Gasteiger partial charge in [0.15, 0.2) is 0 Å². The number of carbonyl (C=O) groups excluding carboxylic acids is 2. The third-order valence-electron chi connectivity index (χ3n) is 5.01. The molecule has 1 aliphatic carbocycles. The van der Waals surface area contributed by atoms with Crippen molar-refractivity contribution >= 4 is 17.5 Å². The molecule has 27 heavy (non-hydrogen) atoms. The Hall–Kier alpha value is -2.76. The van der Waals surface area contributed by atoms with Crippen LogP contribution in [-0.4, -0.2) is 11.8 Å². The molecule has 2 aromatic carbocycles. The molecule has 4 nitrogen and oxygen atoms in total. The number of halogens is 2. The molecule has 0 radical (unpaired) electrons. The lowest BCUT2D eigenvalue weighted by Crippen LogP contribution is -2.35. The Morgan fingerprint density at radius 3 is 2.00 bits per heavy atom. The summed E-state index contributed by atoms with van der Waals surface area (Å²) in [5, 5.41) is 5.39. The van der Waals surface area contributed by atoms with Gasteiger partial charge in [0.1, 0.15) is 11.6 Å². The van der Waals surface area contributed by atoms with E-state index in [0.29, 0.717) is 31.2 Å². The second-order valence-electron chi connectivity index (χ2n) is 6.83. The zero-order chi connectivity index (χ0) is 19.2. The molecule has 0 heterocycles. The van der Waals surface area contributed by atoms with Gasteiger partial charge in [0.25, 0.3) is 0 Å². The van der Waals surface area contributed by atoms with Gasteiger partial charge in [0.05, 0.1) is 5.69 Å². The summed E-state index contributed by atoms with van der Waals surface area (Å²) in [6.45, 7) is 0.152. The highest BCUT2D eigenvalue weighted by Crippen LogP contribution is 2.30. The van der Waals surface area contributed by atoms with Crippen LogP contribution in [0.2, 0.25) is 0 Å². The van der Waals surface area contributed by atoms with Gasteiger partial charge in [-0.2, -0.15) is 0 Å². The average molecular weight is 372 g/mol. The minimum Gasteiger partial charge on any atom is -0.352 e. The molecule has 2 N–H and O–H groups in total. The number of hydrogen-bond acceptors (Lipinski definition) is 2. The van der Waals surface area contributed by atoms with E-state index in [-0.39, 0.29) is 41.7 Å². The molecular weight excluding hydrogens is 350 g/mol. The van der Waals surface area contributed by atoms with Crippen molar-refractivity contribution in [3.05, 3.63) is 65.7 Å². The minimum absolute atomic E-state index is 0.119. The molecule has 1 fully saturated rings. The molecule has 0 aromatic heterocycles. The van der Waals surface area contributed by atoms with Crippen LogP contribution < -0.4 is 10.6 Å². The van der Waals surface area contributed by atoms with E-state index in [4.69, 9.17) is 0 Å². The van der Waals surface area contributed by atoms with Crippen molar-refractivity contribution in [1.82, 2.24) is 5.32 Å². The van der Waals surface area contributed by atoms with Crippen molar-refractivity contribution in [2.24, 2.45) is 11.8 Å². The zero-order valence-corrected chi connectivity index (χ0v) is 14.9. The standard InChI is InChI=1S/C21H22F2N2O2/c22-17-6-2-1-5-16(17)13-24-20(26)14-9-11-15(12-10-14)21(27)25-19-8-4-3-7-18(19)23/h1-8,14-15H,9-13H2,(H,24,26)(H,25,27). The lowest BCUT2D eigenvalue weighted by molar-refractivity contribution is -0.128. The van der Waals surface area contributed by atoms with Crippen LogP contribution in [-0.2, 0) is 16.1 Å². The highest BCUT2D eigenvalue weighted by atomic mass is 19.1. The van der Waals surface area contributed by atoms with Crippen LogP contribution in [0.5, 0.6) is 0 Å². The fraction of sp³-hybridized carbons (Fsp3) is 0.333. The van der Waals surface area contributed by atoms with Crippen molar-refractivity contribution in [1.29, 1.82) is 0 Å². The lowest BCUT2D eigenvalue weighted by Gasteiger charge is -2.27. The van der Waals surface area contributed by atoms with Crippen LogP contribution in [0.15, 0.2) is 48.5 Å². The first-order valence-corrected chi connectivity index (χ1v) is 9.11. The summed E-state index contributed by atoms with van der Waals surface area (Å²) in [6.07, 6.45) is 2.30. The van der Waals surface area contributed by atoms with E-state index >= 15 is 0 Å². The number of amides is 2. The summed E-state index contributed by atoms with van der Waals surface area (Å²) >= 11 is 0. The van der Waals surface area contributed by atoms with Crippen molar-refractivity contribution in [2.45, 2.75) is 32.2 Å². The highest BCUT2D eigenvalue weighted by Gasteiger charge is 2.30. The number of nitrogens with one attached hydrogen (secondary N) is 2. The molecule has 6 heteroatoms. The van der Waals surface area contributed by atoms with E-state index in [0.717, 1.165) is 0 Å². The third kappa shape index (κ3) is 4.90.